The van der Waals surface area contributed by atoms with Crippen LogP contribution in [-0.2, 0) is 0 Å². The van der Waals surface area contributed by atoms with Crippen molar-refractivity contribution < 1.29 is 9.18 Å². The second-order valence-corrected chi connectivity index (χ2v) is 3.91. The molecule has 1 aromatic heterocycles. The molecule has 1 atom stereocenters. The van der Waals surface area contributed by atoms with Gasteiger partial charge in [-0.05, 0) is 18.6 Å². The fourth-order valence-corrected chi connectivity index (χ4v) is 1.47. The largest absolute Gasteiger partial charge is 0.347 e. The van der Waals surface area contributed by atoms with Gasteiger partial charge in [0.1, 0.15) is 11.5 Å². The lowest BCUT2D eigenvalue weighted by atomic mass is 10.1. The van der Waals surface area contributed by atoms with Gasteiger partial charge in [0, 0.05) is 12.6 Å². The molecule has 4 nitrogen and oxygen atoms in total. The summed E-state index contributed by atoms with van der Waals surface area (Å²) in [7, 11) is 0. The molecule has 1 rings (SSSR count). The Labute approximate surface area is 100 Å². The number of hydrogen-bond acceptors (Lipinski definition) is 3. The van der Waals surface area contributed by atoms with Gasteiger partial charge in [0.05, 0.1) is 6.20 Å². The van der Waals surface area contributed by atoms with Crippen molar-refractivity contribution in [3.63, 3.8) is 0 Å². The van der Waals surface area contributed by atoms with E-state index in [1.807, 2.05) is 0 Å². The molecule has 0 saturated carbocycles. The third kappa shape index (κ3) is 4.48. The van der Waals surface area contributed by atoms with Gasteiger partial charge in [0.15, 0.2) is 0 Å². The van der Waals surface area contributed by atoms with E-state index in [0.717, 1.165) is 25.5 Å². The Bertz CT molecular complexity index is 353. The lowest BCUT2D eigenvalue weighted by Gasteiger charge is -2.15. The molecule has 0 aliphatic carbocycles. The first-order chi connectivity index (χ1) is 8.17. The second-order valence-electron chi connectivity index (χ2n) is 3.91. The van der Waals surface area contributed by atoms with Crippen molar-refractivity contribution in [2.24, 2.45) is 5.73 Å². The average molecular weight is 239 g/mol. The van der Waals surface area contributed by atoms with Crippen LogP contribution in [-0.4, -0.2) is 23.5 Å². The van der Waals surface area contributed by atoms with Crippen LogP contribution in [0.15, 0.2) is 18.3 Å². The van der Waals surface area contributed by atoms with E-state index in [1.54, 1.807) is 0 Å². The molecule has 5 heteroatoms. The first kappa shape index (κ1) is 13.6. The van der Waals surface area contributed by atoms with E-state index in [4.69, 9.17) is 5.73 Å². The zero-order valence-corrected chi connectivity index (χ0v) is 9.95. The number of aromatic nitrogens is 1. The van der Waals surface area contributed by atoms with Crippen LogP contribution in [0.4, 0.5) is 4.39 Å². The molecule has 0 bridgehead atoms. The number of unbranched alkanes of at least 4 members (excludes halogenated alkanes) is 1. The Morgan fingerprint density at radius 1 is 1.59 bits per heavy atom. The SMILES string of the molecule is CCCCC(CN)NC(=O)c1ccc(F)cn1. The molecule has 3 N–H and O–H groups in total. The van der Waals surface area contributed by atoms with Crippen molar-refractivity contribution >= 4 is 5.91 Å². The molecule has 0 aliphatic heterocycles. The quantitative estimate of drug-likeness (QED) is 0.789. The summed E-state index contributed by atoms with van der Waals surface area (Å²) in [5.41, 5.74) is 5.78. The maximum atomic E-state index is 12.6. The molecule has 0 radical (unpaired) electrons. The lowest BCUT2D eigenvalue weighted by molar-refractivity contribution is 0.0930. The van der Waals surface area contributed by atoms with E-state index in [9.17, 15) is 9.18 Å². The zero-order chi connectivity index (χ0) is 12.7. The van der Waals surface area contributed by atoms with Gasteiger partial charge in [-0.2, -0.15) is 0 Å². The molecule has 0 aromatic carbocycles. The van der Waals surface area contributed by atoms with Crippen LogP contribution < -0.4 is 11.1 Å². The molecular weight excluding hydrogens is 221 g/mol. The number of rotatable bonds is 6. The molecule has 17 heavy (non-hydrogen) atoms. The number of nitrogens with one attached hydrogen (secondary N) is 1. The Morgan fingerprint density at radius 2 is 2.35 bits per heavy atom. The van der Waals surface area contributed by atoms with Gasteiger partial charge in [0.25, 0.3) is 5.91 Å². The average Bonchev–Trinajstić information content (AvgIpc) is 2.35. The van der Waals surface area contributed by atoms with Gasteiger partial charge >= 0.3 is 0 Å². The number of carbonyl (C=O) groups is 1. The molecule has 1 amide bonds. The van der Waals surface area contributed by atoms with Crippen LogP contribution in [0, 0.1) is 5.82 Å². The maximum absolute atomic E-state index is 12.6. The highest BCUT2D eigenvalue weighted by Gasteiger charge is 2.12. The molecule has 94 valence electrons. The van der Waals surface area contributed by atoms with Crippen LogP contribution in [0.1, 0.15) is 36.7 Å². The highest BCUT2D eigenvalue weighted by molar-refractivity contribution is 5.92. The number of hydrogen-bond donors (Lipinski definition) is 2. The Kier molecular flexibility index (Phi) is 5.56. The van der Waals surface area contributed by atoms with Gasteiger partial charge in [0.2, 0.25) is 0 Å². The summed E-state index contributed by atoms with van der Waals surface area (Å²) in [6.45, 7) is 2.48. The minimum absolute atomic E-state index is 0.0469. The molecule has 1 heterocycles. The van der Waals surface area contributed by atoms with Crippen molar-refractivity contribution in [3.8, 4) is 0 Å². The molecule has 0 saturated heterocycles. The number of nitrogens with two attached hydrogens (primary N) is 1. The third-order valence-corrected chi connectivity index (χ3v) is 2.49. The van der Waals surface area contributed by atoms with E-state index in [-0.39, 0.29) is 17.6 Å². The van der Waals surface area contributed by atoms with Gasteiger partial charge in [-0.3, -0.25) is 4.79 Å². The summed E-state index contributed by atoms with van der Waals surface area (Å²) >= 11 is 0. The van der Waals surface area contributed by atoms with Crippen LogP contribution in [0.25, 0.3) is 0 Å². The highest BCUT2D eigenvalue weighted by Crippen LogP contribution is 2.02. The number of nitrogens with zero attached hydrogens (tertiary/aromatic N) is 1. The molecule has 1 unspecified atom stereocenters. The smallest absolute Gasteiger partial charge is 0.270 e. The molecular formula is C12H18FN3O. The molecule has 0 spiro atoms. The minimum Gasteiger partial charge on any atom is -0.347 e. The lowest BCUT2D eigenvalue weighted by Crippen LogP contribution is -2.40. The van der Waals surface area contributed by atoms with E-state index >= 15 is 0 Å². The van der Waals surface area contributed by atoms with Gasteiger partial charge in [-0.25, -0.2) is 9.37 Å². The summed E-state index contributed by atoms with van der Waals surface area (Å²) < 4.78 is 12.6. The first-order valence-electron chi connectivity index (χ1n) is 5.79. The normalized spacial score (nSPS) is 12.2. The number of halogens is 1. The number of pyridine rings is 1. The molecule has 0 aliphatic rings. The standard InChI is InChI=1S/C12H18FN3O/c1-2-3-4-10(7-14)16-12(17)11-6-5-9(13)8-15-11/h5-6,8,10H,2-4,7,14H2,1H3,(H,16,17). The van der Waals surface area contributed by atoms with Crippen LogP contribution in [0.3, 0.4) is 0 Å². The van der Waals surface area contributed by atoms with Crippen LogP contribution >= 0.6 is 0 Å². The van der Waals surface area contributed by atoms with Crippen molar-refractivity contribution in [3.05, 3.63) is 29.8 Å². The summed E-state index contributed by atoms with van der Waals surface area (Å²) in [6.07, 6.45) is 3.94. The topological polar surface area (TPSA) is 68.0 Å². The highest BCUT2D eigenvalue weighted by atomic mass is 19.1. The number of carbonyl (C=O) groups excluding carboxylic acids is 1. The fraction of sp³-hybridized carbons (Fsp3) is 0.500. The zero-order valence-electron chi connectivity index (χ0n) is 9.95. The van der Waals surface area contributed by atoms with Gasteiger partial charge < -0.3 is 11.1 Å². The summed E-state index contributed by atoms with van der Waals surface area (Å²) in [4.78, 5) is 15.5. The van der Waals surface area contributed by atoms with E-state index in [2.05, 4.69) is 17.2 Å². The first-order valence-corrected chi connectivity index (χ1v) is 5.79. The molecule has 0 fully saturated rings. The monoisotopic (exact) mass is 239 g/mol. The van der Waals surface area contributed by atoms with Crippen molar-refractivity contribution in [2.45, 2.75) is 32.2 Å². The molecule has 1 aromatic rings. The third-order valence-electron chi connectivity index (χ3n) is 2.49. The Morgan fingerprint density at radius 3 is 2.88 bits per heavy atom. The number of amides is 1. The Balaban J connectivity index is 2.54. The van der Waals surface area contributed by atoms with Crippen LogP contribution in [0.5, 0.6) is 0 Å². The fourth-order valence-electron chi connectivity index (χ4n) is 1.47. The summed E-state index contributed by atoms with van der Waals surface area (Å²) in [6, 6.07) is 2.53. The summed E-state index contributed by atoms with van der Waals surface area (Å²) in [5.74, 6) is -0.764. The van der Waals surface area contributed by atoms with E-state index in [0.29, 0.717) is 6.54 Å². The predicted molar refractivity (Wildman–Crippen MR) is 64.0 cm³/mol. The predicted octanol–water partition coefficient (Wildman–Crippen LogP) is 1.47. The minimum atomic E-state index is -0.456. The van der Waals surface area contributed by atoms with Crippen molar-refractivity contribution in [1.82, 2.24) is 10.3 Å². The van der Waals surface area contributed by atoms with E-state index < -0.39 is 5.82 Å². The van der Waals surface area contributed by atoms with Gasteiger partial charge in [-0.1, -0.05) is 19.8 Å². The van der Waals surface area contributed by atoms with E-state index in [1.165, 1.54) is 12.1 Å². The van der Waals surface area contributed by atoms with Crippen molar-refractivity contribution in [2.75, 3.05) is 6.54 Å². The maximum Gasteiger partial charge on any atom is 0.270 e. The van der Waals surface area contributed by atoms with Crippen molar-refractivity contribution in [1.29, 1.82) is 0 Å². The Hall–Kier alpha value is -1.49. The summed E-state index contributed by atoms with van der Waals surface area (Å²) in [5, 5.41) is 2.79. The second kappa shape index (κ2) is 6.96. The van der Waals surface area contributed by atoms with Gasteiger partial charge in [-0.15, -0.1) is 0 Å². The van der Waals surface area contributed by atoms with Crippen LogP contribution in [0.2, 0.25) is 0 Å².